The molecule has 5 rings (SSSR count). The lowest BCUT2D eigenvalue weighted by molar-refractivity contribution is 0.0304. The summed E-state index contributed by atoms with van der Waals surface area (Å²) in [6.07, 6.45) is 6.01. The maximum Gasteiger partial charge on any atom is 0.254 e. The van der Waals surface area contributed by atoms with Gasteiger partial charge in [-0.1, -0.05) is 11.6 Å². The van der Waals surface area contributed by atoms with Crippen LogP contribution in [0.4, 0.5) is 0 Å². The molecule has 0 N–H and O–H groups in total. The van der Waals surface area contributed by atoms with Crippen LogP contribution in [-0.2, 0) is 4.74 Å². The second kappa shape index (κ2) is 7.19. The van der Waals surface area contributed by atoms with Crippen molar-refractivity contribution in [3.8, 4) is 11.3 Å². The van der Waals surface area contributed by atoms with Crippen molar-refractivity contribution in [2.75, 3.05) is 26.3 Å². The molecule has 0 radical (unpaired) electrons. The second-order valence-electron chi connectivity index (χ2n) is 8.04. The fourth-order valence-corrected chi connectivity index (χ4v) is 3.97. The van der Waals surface area contributed by atoms with E-state index in [1.165, 1.54) is 12.8 Å². The second-order valence-corrected chi connectivity index (χ2v) is 8.04. The van der Waals surface area contributed by atoms with Crippen LogP contribution in [0.2, 0.25) is 0 Å². The minimum absolute atomic E-state index is 0.0301. The zero-order chi connectivity index (χ0) is 20.0. The number of benzene rings is 1. The van der Waals surface area contributed by atoms with E-state index in [-0.39, 0.29) is 5.91 Å². The van der Waals surface area contributed by atoms with Crippen molar-refractivity contribution in [2.24, 2.45) is 0 Å². The van der Waals surface area contributed by atoms with Crippen LogP contribution in [0.3, 0.4) is 0 Å². The summed E-state index contributed by atoms with van der Waals surface area (Å²) < 4.78 is 5.42. The Morgan fingerprint density at radius 1 is 1.07 bits per heavy atom. The van der Waals surface area contributed by atoms with Gasteiger partial charge < -0.3 is 9.64 Å². The molecule has 1 aliphatic heterocycles. The average molecular weight is 388 g/mol. The first-order valence-electron chi connectivity index (χ1n) is 10.2. The number of morpholine rings is 1. The van der Waals surface area contributed by atoms with Crippen LogP contribution in [0.25, 0.3) is 22.2 Å². The number of carbonyl (C=O) groups excluding carboxylic acids is 1. The highest BCUT2D eigenvalue weighted by Gasteiger charge is 2.26. The predicted molar refractivity (Wildman–Crippen MR) is 111 cm³/mol. The number of aromatic nitrogens is 3. The van der Waals surface area contributed by atoms with E-state index in [0.29, 0.717) is 37.8 Å². The Balaban J connectivity index is 1.63. The molecule has 0 spiro atoms. The van der Waals surface area contributed by atoms with Gasteiger partial charge in [0.1, 0.15) is 5.82 Å². The molecule has 2 aromatic heterocycles. The van der Waals surface area contributed by atoms with Crippen LogP contribution in [-0.4, -0.2) is 52.1 Å². The Morgan fingerprint density at radius 3 is 2.48 bits per heavy atom. The molecule has 3 heterocycles. The monoisotopic (exact) mass is 388 g/mol. The molecule has 1 saturated carbocycles. The lowest BCUT2D eigenvalue weighted by Gasteiger charge is -2.27. The standard InChI is InChI=1S/C23H24N4O2/c1-14-9-15(2)21-18(10-14)19(23(28)27-5-7-29-8-6-27)11-20(26-21)17-12-24-22(25-13-17)16-3-4-16/h9-13,16H,3-8H2,1-2H3. The van der Waals surface area contributed by atoms with Crippen LogP contribution in [0.5, 0.6) is 0 Å². The van der Waals surface area contributed by atoms with E-state index >= 15 is 0 Å². The summed E-state index contributed by atoms with van der Waals surface area (Å²) >= 11 is 0. The van der Waals surface area contributed by atoms with Crippen LogP contribution in [0.1, 0.15) is 46.1 Å². The quantitative estimate of drug-likeness (QED) is 0.685. The number of amides is 1. The van der Waals surface area contributed by atoms with Crippen molar-refractivity contribution in [1.82, 2.24) is 19.9 Å². The van der Waals surface area contributed by atoms with Gasteiger partial charge in [0.05, 0.1) is 30.0 Å². The highest BCUT2D eigenvalue weighted by Crippen LogP contribution is 2.38. The minimum atomic E-state index is 0.0301. The number of ether oxygens (including phenoxy) is 1. The molecule has 3 aromatic rings. The molecule has 6 nitrogen and oxygen atoms in total. The molecule has 2 fully saturated rings. The van der Waals surface area contributed by atoms with Gasteiger partial charge in [0, 0.05) is 42.4 Å². The average Bonchev–Trinajstić information content (AvgIpc) is 3.59. The molecule has 1 saturated heterocycles. The molecule has 6 heteroatoms. The van der Waals surface area contributed by atoms with Gasteiger partial charge in [0.15, 0.2) is 0 Å². The third kappa shape index (κ3) is 3.49. The van der Waals surface area contributed by atoms with Crippen molar-refractivity contribution in [3.05, 3.63) is 53.1 Å². The SMILES string of the molecule is Cc1cc(C)c2nc(-c3cnc(C4CC4)nc3)cc(C(=O)N3CCOCC3)c2c1. The van der Waals surface area contributed by atoms with Gasteiger partial charge in [-0.25, -0.2) is 15.0 Å². The van der Waals surface area contributed by atoms with Gasteiger partial charge in [0.2, 0.25) is 0 Å². The Hall–Kier alpha value is -2.86. The Labute approximate surface area is 170 Å². The molecule has 1 aromatic carbocycles. The maximum atomic E-state index is 13.4. The van der Waals surface area contributed by atoms with E-state index in [4.69, 9.17) is 9.72 Å². The van der Waals surface area contributed by atoms with E-state index in [0.717, 1.165) is 39.1 Å². The van der Waals surface area contributed by atoms with E-state index in [1.807, 2.05) is 37.2 Å². The molecule has 0 atom stereocenters. The molecular formula is C23H24N4O2. The fourth-order valence-electron chi connectivity index (χ4n) is 3.97. The zero-order valence-electron chi connectivity index (χ0n) is 16.8. The first kappa shape index (κ1) is 18.2. The Kier molecular flexibility index (Phi) is 4.51. The summed E-state index contributed by atoms with van der Waals surface area (Å²) in [5.74, 6) is 1.45. The summed E-state index contributed by atoms with van der Waals surface area (Å²) in [7, 11) is 0. The van der Waals surface area contributed by atoms with Gasteiger partial charge in [-0.2, -0.15) is 0 Å². The molecule has 1 amide bonds. The van der Waals surface area contributed by atoms with Crippen molar-refractivity contribution in [2.45, 2.75) is 32.6 Å². The van der Waals surface area contributed by atoms with Crippen LogP contribution < -0.4 is 0 Å². The zero-order valence-corrected chi connectivity index (χ0v) is 16.8. The summed E-state index contributed by atoms with van der Waals surface area (Å²) in [5.41, 5.74) is 5.31. The highest BCUT2D eigenvalue weighted by atomic mass is 16.5. The lowest BCUT2D eigenvalue weighted by atomic mass is 9.99. The van der Waals surface area contributed by atoms with E-state index < -0.39 is 0 Å². The van der Waals surface area contributed by atoms with Gasteiger partial charge in [-0.05, 0) is 44.4 Å². The van der Waals surface area contributed by atoms with Gasteiger partial charge in [0.25, 0.3) is 5.91 Å². The largest absolute Gasteiger partial charge is 0.378 e. The topological polar surface area (TPSA) is 68.2 Å². The van der Waals surface area contributed by atoms with Gasteiger partial charge >= 0.3 is 0 Å². The number of carbonyl (C=O) groups is 1. The smallest absolute Gasteiger partial charge is 0.254 e. The number of nitrogens with zero attached hydrogens (tertiary/aromatic N) is 4. The Morgan fingerprint density at radius 2 is 1.79 bits per heavy atom. The summed E-state index contributed by atoms with van der Waals surface area (Å²) in [6, 6.07) is 6.06. The molecule has 148 valence electrons. The first-order valence-corrected chi connectivity index (χ1v) is 10.2. The van der Waals surface area contributed by atoms with Gasteiger partial charge in [-0.15, -0.1) is 0 Å². The summed E-state index contributed by atoms with van der Waals surface area (Å²) in [4.78, 5) is 29.2. The number of pyridine rings is 1. The Bertz CT molecular complexity index is 1080. The molecule has 0 bridgehead atoms. The van der Waals surface area contributed by atoms with E-state index in [1.54, 1.807) is 0 Å². The molecule has 2 aliphatic rings. The number of aryl methyl sites for hydroxylation is 2. The summed E-state index contributed by atoms with van der Waals surface area (Å²) in [6.45, 7) is 6.48. The number of hydrogen-bond donors (Lipinski definition) is 0. The van der Waals surface area contributed by atoms with Crippen molar-refractivity contribution >= 4 is 16.8 Å². The van der Waals surface area contributed by atoms with Gasteiger partial charge in [-0.3, -0.25) is 4.79 Å². The van der Waals surface area contributed by atoms with Crippen molar-refractivity contribution in [3.63, 3.8) is 0 Å². The van der Waals surface area contributed by atoms with E-state index in [2.05, 4.69) is 22.1 Å². The summed E-state index contributed by atoms with van der Waals surface area (Å²) in [5, 5.41) is 0.901. The number of fused-ring (bicyclic) bond motifs is 1. The van der Waals surface area contributed by atoms with E-state index in [9.17, 15) is 4.79 Å². The minimum Gasteiger partial charge on any atom is -0.378 e. The van der Waals surface area contributed by atoms with Crippen LogP contribution in [0.15, 0.2) is 30.6 Å². The molecule has 29 heavy (non-hydrogen) atoms. The molecular weight excluding hydrogens is 364 g/mol. The fraction of sp³-hybridized carbons (Fsp3) is 0.391. The number of rotatable bonds is 3. The number of hydrogen-bond acceptors (Lipinski definition) is 5. The van der Waals surface area contributed by atoms with Crippen molar-refractivity contribution < 1.29 is 9.53 Å². The maximum absolute atomic E-state index is 13.4. The van der Waals surface area contributed by atoms with Crippen molar-refractivity contribution in [1.29, 1.82) is 0 Å². The first-order chi connectivity index (χ1) is 14.1. The molecule has 0 unspecified atom stereocenters. The third-order valence-electron chi connectivity index (χ3n) is 5.69. The normalized spacial score (nSPS) is 17.0. The van der Waals surface area contributed by atoms with Crippen LogP contribution >= 0.6 is 0 Å². The lowest BCUT2D eigenvalue weighted by Crippen LogP contribution is -2.40. The highest BCUT2D eigenvalue weighted by molar-refractivity contribution is 6.08. The predicted octanol–water partition coefficient (Wildman–Crippen LogP) is 3.66. The molecule has 1 aliphatic carbocycles. The third-order valence-corrected chi connectivity index (χ3v) is 5.69. The van der Waals surface area contributed by atoms with Crippen LogP contribution in [0, 0.1) is 13.8 Å².